The van der Waals surface area contributed by atoms with Gasteiger partial charge in [0.1, 0.15) is 0 Å². The molecule has 2 atom stereocenters. The fourth-order valence-electron chi connectivity index (χ4n) is 3.83. The summed E-state index contributed by atoms with van der Waals surface area (Å²) in [6.45, 7) is 3.97. The summed E-state index contributed by atoms with van der Waals surface area (Å²) in [6.07, 6.45) is 21.1. The minimum absolute atomic E-state index is 0. The van der Waals surface area contributed by atoms with Crippen LogP contribution < -0.4 is 51.4 Å². The molecule has 6 heteroatoms. The van der Waals surface area contributed by atoms with E-state index in [1.165, 1.54) is 83.5 Å². The average Bonchev–Trinajstić information content (AvgIpc) is 2.64. The van der Waals surface area contributed by atoms with Crippen LogP contribution in [0.15, 0.2) is 0 Å². The third-order valence-electron chi connectivity index (χ3n) is 5.83. The Labute approximate surface area is 224 Å². The van der Waals surface area contributed by atoms with Crippen LogP contribution in [0.3, 0.4) is 0 Å². The van der Waals surface area contributed by atoms with Crippen LogP contribution >= 0.6 is 0 Å². The van der Waals surface area contributed by atoms with E-state index in [1.807, 2.05) is 0 Å². The molecule has 0 radical (unpaired) electrons. The van der Waals surface area contributed by atoms with Crippen molar-refractivity contribution in [1.82, 2.24) is 0 Å². The molecule has 0 aromatic heterocycles. The molecule has 0 aliphatic heterocycles. The molecule has 0 saturated heterocycles. The third kappa shape index (κ3) is 22.5. The first-order valence-corrected chi connectivity index (χ1v) is 13.5. The van der Waals surface area contributed by atoms with Crippen LogP contribution in [-0.4, -0.2) is 29.4 Å². The normalized spacial score (nSPS) is 13.8. The Morgan fingerprint density at radius 1 is 0.655 bits per heavy atom. The summed E-state index contributed by atoms with van der Waals surface area (Å²) in [4.78, 5) is 0. The van der Waals surface area contributed by atoms with E-state index in [9.17, 15) is 18.1 Å². The van der Waals surface area contributed by atoms with E-state index in [1.54, 1.807) is 6.92 Å². The fraction of sp³-hybridized carbons (Fsp3) is 1.00. The van der Waals surface area contributed by atoms with Crippen molar-refractivity contribution in [2.24, 2.45) is 0 Å². The Morgan fingerprint density at radius 3 is 1.38 bits per heavy atom. The number of aliphatic hydroxyl groups is 1. The van der Waals surface area contributed by atoms with Crippen LogP contribution in [-0.2, 0) is 10.1 Å². The zero-order valence-corrected chi connectivity index (χ0v) is 23.6. The topological polar surface area (TPSA) is 77.4 Å². The van der Waals surface area contributed by atoms with Gasteiger partial charge in [-0.2, -0.15) is 0 Å². The predicted octanol–water partition coefficient (Wildman–Crippen LogP) is 3.72. The SMILES string of the molecule is CCCCCCCCCCCCCCCCCC(O)CCC(CC)S(=O)(=O)[O-].[K+]. The van der Waals surface area contributed by atoms with Gasteiger partial charge in [-0.1, -0.05) is 110 Å². The summed E-state index contributed by atoms with van der Waals surface area (Å²) < 4.78 is 33.1. The first-order valence-electron chi connectivity index (χ1n) is 12.0. The average molecular weight is 459 g/mol. The number of hydrogen-bond donors (Lipinski definition) is 1. The molecule has 0 aliphatic rings. The number of hydrogen-bond acceptors (Lipinski definition) is 4. The van der Waals surface area contributed by atoms with Crippen LogP contribution in [0.4, 0.5) is 0 Å². The van der Waals surface area contributed by atoms with Gasteiger partial charge in [0, 0.05) is 5.25 Å². The molecule has 29 heavy (non-hydrogen) atoms. The van der Waals surface area contributed by atoms with Gasteiger partial charge in [0.15, 0.2) is 0 Å². The molecule has 0 bridgehead atoms. The molecule has 0 aromatic rings. The molecule has 4 nitrogen and oxygen atoms in total. The molecule has 0 aliphatic carbocycles. The maximum Gasteiger partial charge on any atom is 1.00 e. The molecule has 0 heterocycles. The van der Waals surface area contributed by atoms with Gasteiger partial charge in [0.2, 0.25) is 0 Å². The fourth-order valence-corrected chi connectivity index (χ4v) is 4.66. The molecular formula is C23H47KO4S. The van der Waals surface area contributed by atoms with Gasteiger partial charge < -0.3 is 9.66 Å². The molecule has 0 aromatic carbocycles. The number of rotatable bonds is 21. The van der Waals surface area contributed by atoms with Crippen molar-refractivity contribution < 1.29 is 69.5 Å². The van der Waals surface area contributed by atoms with Crippen LogP contribution in [0.5, 0.6) is 0 Å². The minimum Gasteiger partial charge on any atom is -0.748 e. The monoisotopic (exact) mass is 458 g/mol. The smallest absolute Gasteiger partial charge is 0.748 e. The summed E-state index contributed by atoms with van der Waals surface area (Å²) in [6, 6.07) is 0. The van der Waals surface area contributed by atoms with Crippen molar-refractivity contribution in [3.63, 3.8) is 0 Å². The van der Waals surface area contributed by atoms with Gasteiger partial charge in [-0.25, -0.2) is 8.42 Å². The molecule has 170 valence electrons. The quantitative estimate of drug-likeness (QED) is 0.162. The van der Waals surface area contributed by atoms with E-state index in [-0.39, 0.29) is 57.8 Å². The second-order valence-electron chi connectivity index (χ2n) is 8.49. The summed E-state index contributed by atoms with van der Waals surface area (Å²) in [5, 5.41) is 9.12. The van der Waals surface area contributed by atoms with Gasteiger partial charge in [0.25, 0.3) is 0 Å². The third-order valence-corrected chi connectivity index (χ3v) is 7.21. The largest absolute Gasteiger partial charge is 1.00 e. The predicted molar refractivity (Wildman–Crippen MR) is 119 cm³/mol. The summed E-state index contributed by atoms with van der Waals surface area (Å²) in [5.41, 5.74) is 0. The Balaban J connectivity index is 0. The summed E-state index contributed by atoms with van der Waals surface area (Å²) >= 11 is 0. The molecule has 0 rings (SSSR count). The van der Waals surface area contributed by atoms with Gasteiger partial charge in [-0.15, -0.1) is 0 Å². The Bertz CT molecular complexity index is 429. The van der Waals surface area contributed by atoms with Crippen LogP contribution in [0.1, 0.15) is 136 Å². The number of unbranched alkanes of at least 4 members (excludes halogenated alkanes) is 14. The molecule has 2 unspecified atom stereocenters. The second-order valence-corrected chi connectivity index (χ2v) is 10.1. The van der Waals surface area contributed by atoms with Crippen LogP contribution in [0, 0.1) is 0 Å². The van der Waals surface area contributed by atoms with Crippen molar-refractivity contribution >= 4 is 10.1 Å². The molecule has 0 spiro atoms. The molecular weight excluding hydrogens is 411 g/mol. The zero-order valence-electron chi connectivity index (χ0n) is 19.7. The first-order chi connectivity index (χ1) is 13.4. The summed E-state index contributed by atoms with van der Waals surface area (Å²) in [5.74, 6) is 0. The second kappa shape index (κ2) is 22.7. The zero-order chi connectivity index (χ0) is 21.1. The molecule has 1 N–H and O–H groups in total. The first kappa shape index (κ1) is 32.7. The van der Waals surface area contributed by atoms with E-state index in [2.05, 4.69) is 6.92 Å². The van der Waals surface area contributed by atoms with E-state index < -0.39 is 21.5 Å². The standard InChI is InChI=1S/C23H48O4S.K/c1-3-5-6-7-8-9-10-11-12-13-14-15-16-17-18-19-22(24)20-21-23(4-2)28(25,26)27;/h22-24H,3-21H2,1-2H3,(H,25,26,27);/q;+1/p-1. The number of aliphatic hydroxyl groups excluding tert-OH is 1. The Morgan fingerprint density at radius 2 is 1.03 bits per heavy atom. The van der Waals surface area contributed by atoms with Crippen molar-refractivity contribution in [3.8, 4) is 0 Å². The molecule has 0 amide bonds. The minimum atomic E-state index is -4.22. The van der Waals surface area contributed by atoms with E-state index in [0.717, 1.165) is 12.8 Å². The van der Waals surface area contributed by atoms with Crippen molar-refractivity contribution in [2.75, 3.05) is 0 Å². The Kier molecular flexibility index (Phi) is 25.6. The molecule has 0 fully saturated rings. The van der Waals surface area contributed by atoms with Crippen molar-refractivity contribution in [1.29, 1.82) is 0 Å². The summed E-state index contributed by atoms with van der Waals surface area (Å²) in [7, 11) is -4.22. The van der Waals surface area contributed by atoms with Gasteiger partial charge >= 0.3 is 51.4 Å². The van der Waals surface area contributed by atoms with Crippen molar-refractivity contribution in [2.45, 2.75) is 147 Å². The van der Waals surface area contributed by atoms with Crippen molar-refractivity contribution in [3.05, 3.63) is 0 Å². The van der Waals surface area contributed by atoms with Gasteiger partial charge in [-0.3, -0.25) is 0 Å². The Hall–Kier alpha value is 1.51. The van der Waals surface area contributed by atoms with E-state index in [0.29, 0.717) is 19.3 Å². The molecule has 0 saturated carbocycles. The van der Waals surface area contributed by atoms with E-state index in [4.69, 9.17) is 0 Å². The van der Waals surface area contributed by atoms with Gasteiger partial charge in [0.05, 0.1) is 16.2 Å². The van der Waals surface area contributed by atoms with Gasteiger partial charge in [-0.05, 0) is 25.7 Å². The van der Waals surface area contributed by atoms with Crippen LogP contribution in [0.2, 0.25) is 0 Å². The maximum atomic E-state index is 11.0. The van der Waals surface area contributed by atoms with Crippen LogP contribution in [0.25, 0.3) is 0 Å². The maximum absolute atomic E-state index is 11.0. The van der Waals surface area contributed by atoms with E-state index >= 15 is 0 Å².